The van der Waals surface area contributed by atoms with Gasteiger partial charge in [0.05, 0.1) is 5.69 Å². The van der Waals surface area contributed by atoms with Crippen molar-refractivity contribution in [1.82, 2.24) is 15.3 Å². The molecular weight excluding hydrogens is 114 g/mol. The summed E-state index contributed by atoms with van der Waals surface area (Å²) < 4.78 is 0. The molecule has 0 fully saturated rings. The van der Waals surface area contributed by atoms with E-state index < -0.39 is 0 Å². The van der Waals surface area contributed by atoms with Gasteiger partial charge in [0.25, 0.3) is 0 Å². The minimum Gasteiger partial charge on any atom is -0.314 e. The van der Waals surface area contributed by atoms with Gasteiger partial charge < -0.3 is 5.32 Å². The molecule has 0 bridgehead atoms. The lowest BCUT2D eigenvalue weighted by molar-refractivity contribution is 0.784. The standard InChI is InChI=1S/C6H9N3/c1-7-4-6-5-8-2-3-9-6/h2-3,5,7H,4H2,1H3. The Morgan fingerprint density at radius 2 is 2.44 bits per heavy atom. The highest BCUT2D eigenvalue weighted by Crippen LogP contribution is 1.86. The first-order valence-corrected chi connectivity index (χ1v) is 2.83. The van der Waals surface area contributed by atoms with Crippen LogP contribution in [-0.2, 0) is 6.54 Å². The van der Waals surface area contributed by atoms with Gasteiger partial charge in [-0.1, -0.05) is 0 Å². The summed E-state index contributed by atoms with van der Waals surface area (Å²) in [6, 6.07) is 0. The van der Waals surface area contributed by atoms with E-state index in [9.17, 15) is 0 Å². The number of rotatable bonds is 2. The SMILES string of the molecule is CNCc1cnccn1. The molecule has 0 saturated carbocycles. The molecule has 1 aromatic rings. The van der Waals surface area contributed by atoms with Crippen molar-refractivity contribution in [3.63, 3.8) is 0 Å². The van der Waals surface area contributed by atoms with Gasteiger partial charge in [0.15, 0.2) is 0 Å². The summed E-state index contributed by atoms with van der Waals surface area (Å²) >= 11 is 0. The Hall–Kier alpha value is -0.960. The molecule has 9 heavy (non-hydrogen) atoms. The zero-order valence-corrected chi connectivity index (χ0v) is 5.33. The van der Waals surface area contributed by atoms with Crippen LogP contribution in [0.3, 0.4) is 0 Å². The molecule has 0 aliphatic heterocycles. The molecule has 1 aromatic heterocycles. The number of nitrogens with one attached hydrogen (secondary N) is 1. The molecule has 1 heterocycles. The molecule has 3 nitrogen and oxygen atoms in total. The monoisotopic (exact) mass is 123 g/mol. The van der Waals surface area contributed by atoms with Crippen LogP contribution in [-0.4, -0.2) is 17.0 Å². The lowest BCUT2D eigenvalue weighted by atomic mass is 10.4. The fraction of sp³-hybridized carbons (Fsp3) is 0.333. The van der Waals surface area contributed by atoms with Crippen LogP contribution in [0, 0.1) is 0 Å². The maximum atomic E-state index is 4.04. The van der Waals surface area contributed by atoms with Crippen molar-refractivity contribution in [2.45, 2.75) is 6.54 Å². The fourth-order valence-corrected chi connectivity index (χ4v) is 0.602. The van der Waals surface area contributed by atoms with Gasteiger partial charge in [0, 0.05) is 25.1 Å². The van der Waals surface area contributed by atoms with Crippen molar-refractivity contribution in [2.75, 3.05) is 7.05 Å². The Balaban J connectivity index is 2.61. The molecule has 0 aliphatic carbocycles. The quantitative estimate of drug-likeness (QED) is 0.610. The molecule has 0 atom stereocenters. The lowest BCUT2D eigenvalue weighted by Crippen LogP contribution is -2.06. The number of hydrogen-bond acceptors (Lipinski definition) is 3. The van der Waals surface area contributed by atoms with Gasteiger partial charge in [-0.2, -0.15) is 0 Å². The second-order valence-corrected chi connectivity index (χ2v) is 1.73. The van der Waals surface area contributed by atoms with Crippen molar-refractivity contribution < 1.29 is 0 Å². The van der Waals surface area contributed by atoms with E-state index in [1.807, 2.05) is 7.05 Å². The van der Waals surface area contributed by atoms with Crippen LogP contribution in [0.25, 0.3) is 0 Å². The Morgan fingerprint density at radius 3 is 3.00 bits per heavy atom. The van der Waals surface area contributed by atoms with Crippen LogP contribution < -0.4 is 5.32 Å². The van der Waals surface area contributed by atoms with E-state index in [1.54, 1.807) is 18.6 Å². The van der Waals surface area contributed by atoms with Crippen LogP contribution in [0.5, 0.6) is 0 Å². The molecule has 0 aromatic carbocycles. The van der Waals surface area contributed by atoms with E-state index in [1.165, 1.54) is 0 Å². The smallest absolute Gasteiger partial charge is 0.0724 e. The fourth-order valence-electron chi connectivity index (χ4n) is 0.602. The van der Waals surface area contributed by atoms with Crippen LogP contribution in [0.15, 0.2) is 18.6 Å². The molecule has 0 radical (unpaired) electrons. The molecule has 0 unspecified atom stereocenters. The van der Waals surface area contributed by atoms with Crippen molar-refractivity contribution in [2.24, 2.45) is 0 Å². The predicted molar refractivity (Wildman–Crippen MR) is 34.8 cm³/mol. The first-order valence-electron chi connectivity index (χ1n) is 2.83. The zero-order chi connectivity index (χ0) is 6.53. The molecule has 3 heteroatoms. The molecule has 0 saturated heterocycles. The Bertz CT molecular complexity index is 161. The summed E-state index contributed by atoms with van der Waals surface area (Å²) in [5.74, 6) is 0. The zero-order valence-electron chi connectivity index (χ0n) is 5.33. The van der Waals surface area contributed by atoms with Crippen molar-refractivity contribution in [1.29, 1.82) is 0 Å². The van der Waals surface area contributed by atoms with Gasteiger partial charge in [0.1, 0.15) is 0 Å². The van der Waals surface area contributed by atoms with Gasteiger partial charge in [-0.25, -0.2) is 0 Å². The molecule has 1 rings (SSSR count). The highest BCUT2D eigenvalue weighted by Gasteiger charge is 1.86. The van der Waals surface area contributed by atoms with Crippen molar-refractivity contribution in [3.05, 3.63) is 24.3 Å². The van der Waals surface area contributed by atoms with Gasteiger partial charge in [-0.05, 0) is 7.05 Å². The molecule has 0 spiro atoms. The number of nitrogens with zero attached hydrogens (tertiary/aromatic N) is 2. The van der Waals surface area contributed by atoms with E-state index in [0.717, 1.165) is 12.2 Å². The van der Waals surface area contributed by atoms with E-state index in [-0.39, 0.29) is 0 Å². The average Bonchev–Trinajstić information content (AvgIpc) is 1.91. The average molecular weight is 123 g/mol. The normalized spacial score (nSPS) is 9.44. The van der Waals surface area contributed by atoms with E-state index >= 15 is 0 Å². The van der Waals surface area contributed by atoms with E-state index in [2.05, 4.69) is 15.3 Å². The van der Waals surface area contributed by atoms with Crippen LogP contribution in [0.2, 0.25) is 0 Å². The Kier molecular flexibility index (Phi) is 2.15. The number of aromatic nitrogens is 2. The Morgan fingerprint density at radius 1 is 1.56 bits per heavy atom. The molecular formula is C6H9N3. The van der Waals surface area contributed by atoms with Crippen LogP contribution >= 0.6 is 0 Å². The first kappa shape index (κ1) is 6.16. The molecule has 0 amide bonds. The van der Waals surface area contributed by atoms with E-state index in [0.29, 0.717) is 0 Å². The third kappa shape index (κ3) is 1.77. The largest absolute Gasteiger partial charge is 0.314 e. The predicted octanol–water partition coefficient (Wildman–Crippen LogP) is 0.196. The summed E-state index contributed by atoms with van der Waals surface area (Å²) in [5.41, 5.74) is 0.972. The van der Waals surface area contributed by atoms with Gasteiger partial charge in [-0.3, -0.25) is 9.97 Å². The minimum absolute atomic E-state index is 0.786. The molecule has 1 N–H and O–H groups in total. The second kappa shape index (κ2) is 3.14. The molecule has 0 aliphatic rings. The summed E-state index contributed by atoms with van der Waals surface area (Å²) in [6.45, 7) is 0.786. The summed E-state index contributed by atoms with van der Waals surface area (Å²) in [7, 11) is 1.88. The van der Waals surface area contributed by atoms with Gasteiger partial charge >= 0.3 is 0 Å². The summed E-state index contributed by atoms with van der Waals surface area (Å²) in [5, 5.41) is 2.98. The molecule has 48 valence electrons. The highest BCUT2D eigenvalue weighted by molar-refractivity contribution is 4.92. The Labute approximate surface area is 54.2 Å². The van der Waals surface area contributed by atoms with E-state index in [4.69, 9.17) is 0 Å². The van der Waals surface area contributed by atoms with Gasteiger partial charge in [-0.15, -0.1) is 0 Å². The van der Waals surface area contributed by atoms with Crippen LogP contribution in [0.4, 0.5) is 0 Å². The third-order valence-electron chi connectivity index (χ3n) is 0.975. The lowest BCUT2D eigenvalue weighted by Gasteiger charge is -1.94. The topological polar surface area (TPSA) is 37.8 Å². The maximum Gasteiger partial charge on any atom is 0.0724 e. The summed E-state index contributed by atoms with van der Waals surface area (Å²) in [4.78, 5) is 7.94. The first-order chi connectivity index (χ1) is 4.43. The maximum absolute atomic E-state index is 4.04. The summed E-state index contributed by atoms with van der Waals surface area (Å²) in [6.07, 6.45) is 5.10. The van der Waals surface area contributed by atoms with Crippen molar-refractivity contribution in [3.8, 4) is 0 Å². The third-order valence-corrected chi connectivity index (χ3v) is 0.975. The number of hydrogen-bond donors (Lipinski definition) is 1. The van der Waals surface area contributed by atoms with Crippen LogP contribution in [0.1, 0.15) is 5.69 Å². The van der Waals surface area contributed by atoms with Crippen molar-refractivity contribution >= 4 is 0 Å². The highest BCUT2D eigenvalue weighted by atomic mass is 14.9. The van der Waals surface area contributed by atoms with Gasteiger partial charge in [0.2, 0.25) is 0 Å². The second-order valence-electron chi connectivity index (χ2n) is 1.73. The minimum atomic E-state index is 0.786.